The Morgan fingerprint density at radius 2 is 2.29 bits per heavy atom. The van der Waals surface area contributed by atoms with E-state index in [2.05, 4.69) is 32.9 Å². The largest absolute Gasteiger partial charge is 0.326 e. The molecule has 4 nitrogen and oxygen atoms in total. The number of aromatic amines is 1. The van der Waals surface area contributed by atoms with Crippen LogP contribution in [0.5, 0.6) is 0 Å². The normalized spacial score (nSPS) is 21.4. The maximum atomic E-state index is 12.1. The Bertz CT molecular complexity index is 616. The number of para-hydroxylation sites is 1. The first kappa shape index (κ1) is 11.0. The molecular weight excluding hydrogens is 282 g/mol. The Labute approximate surface area is 107 Å². The van der Waals surface area contributed by atoms with E-state index in [1.54, 1.807) is 0 Å². The van der Waals surface area contributed by atoms with Crippen molar-refractivity contribution in [3.8, 4) is 0 Å². The molecule has 5 heteroatoms. The minimum atomic E-state index is -0.00722. The number of fused-ring (bicyclic) bond motifs is 1. The van der Waals surface area contributed by atoms with E-state index in [9.17, 15) is 4.79 Å². The van der Waals surface area contributed by atoms with E-state index in [0.717, 1.165) is 35.0 Å². The number of hydrogen-bond acceptors (Lipinski definition) is 2. The molecule has 1 aliphatic heterocycles. The summed E-state index contributed by atoms with van der Waals surface area (Å²) in [6, 6.07) is 6.20. The van der Waals surface area contributed by atoms with Crippen molar-refractivity contribution in [1.82, 2.24) is 14.5 Å². The quantitative estimate of drug-likeness (QED) is 0.874. The number of nitrogens with one attached hydrogen (secondary N) is 1. The van der Waals surface area contributed by atoms with E-state index >= 15 is 0 Å². The van der Waals surface area contributed by atoms with Crippen LogP contribution in [0.2, 0.25) is 0 Å². The molecule has 1 fully saturated rings. The summed E-state index contributed by atoms with van der Waals surface area (Å²) in [5.74, 6) is 0. The van der Waals surface area contributed by atoms with Crippen molar-refractivity contribution < 1.29 is 0 Å². The average molecular weight is 296 g/mol. The van der Waals surface area contributed by atoms with E-state index in [4.69, 9.17) is 0 Å². The van der Waals surface area contributed by atoms with Gasteiger partial charge in [-0.2, -0.15) is 0 Å². The Balaban J connectivity index is 2.19. The van der Waals surface area contributed by atoms with Crippen LogP contribution in [0.3, 0.4) is 0 Å². The summed E-state index contributed by atoms with van der Waals surface area (Å²) in [5.41, 5.74) is 1.88. The summed E-state index contributed by atoms with van der Waals surface area (Å²) in [7, 11) is 2.09. The monoisotopic (exact) mass is 295 g/mol. The van der Waals surface area contributed by atoms with E-state index in [-0.39, 0.29) is 11.7 Å². The second-order valence-electron chi connectivity index (χ2n) is 4.64. The summed E-state index contributed by atoms with van der Waals surface area (Å²) in [5, 5.41) is 0. The molecule has 0 amide bonds. The summed E-state index contributed by atoms with van der Waals surface area (Å²) in [6.45, 7) is 2.00. The van der Waals surface area contributed by atoms with Gasteiger partial charge >= 0.3 is 5.69 Å². The molecule has 1 aromatic carbocycles. The van der Waals surface area contributed by atoms with Crippen molar-refractivity contribution in [2.75, 3.05) is 20.1 Å². The highest BCUT2D eigenvalue weighted by molar-refractivity contribution is 9.10. The zero-order chi connectivity index (χ0) is 12.0. The number of imidazole rings is 1. The average Bonchev–Trinajstić information content (AvgIpc) is 2.82. The summed E-state index contributed by atoms with van der Waals surface area (Å²) >= 11 is 3.47. The van der Waals surface area contributed by atoms with Crippen LogP contribution in [0.1, 0.15) is 12.5 Å². The Morgan fingerprint density at radius 1 is 1.47 bits per heavy atom. The molecule has 0 radical (unpaired) electrons. The Morgan fingerprint density at radius 3 is 3.00 bits per heavy atom. The lowest BCUT2D eigenvalue weighted by atomic mass is 10.2. The molecule has 0 aliphatic carbocycles. The molecule has 0 bridgehead atoms. The van der Waals surface area contributed by atoms with Gasteiger partial charge in [0.15, 0.2) is 0 Å². The van der Waals surface area contributed by atoms with Gasteiger partial charge in [-0.3, -0.25) is 4.57 Å². The van der Waals surface area contributed by atoms with Gasteiger partial charge in [-0.1, -0.05) is 6.07 Å². The highest BCUT2D eigenvalue weighted by Gasteiger charge is 2.24. The lowest BCUT2D eigenvalue weighted by molar-refractivity contribution is 0.392. The van der Waals surface area contributed by atoms with E-state index < -0.39 is 0 Å². The maximum Gasteiger partial charge on any atom is 0.326 e. The summed E-state index contributed by atoms with van der Waals surface area (Å²) in [6.07, 6.45) is 1.04. The van der Waals surface area contributed by atoms with Crippen LogP contribution in [-0.2, 0) is 0 Å². The minimum Gasteiger partial charge on any atom is -0.305 e. The van der Waals surface area contributed by atoms with Crippen molar-refractivity contribution in [2.45, 2.75) is 12.5 Å². The zero-order valence-corrected chi connectivity index (χ0v) is 11.2. The number of aromatic nitrogens is 2. The second kappa shape index (κ2) is 3.99. The van der Waals surface area contributed by atoms with Gasteiger partial charge in [0.25, 0.3) is 0 Å². The summed E-state index contributed by atoms with van der Waals surface area (Å²) in [4.78, 5) is 17.2. The van der Waals surface area contributed by atoms with E-state index in [1.165, 1.54) is 0 Å². The van der Waals surface area contributed by atoms with Crippen LogP contribution in [0, 0.1) is 0 Å². The van der Waals surface area contributed by atoms with E-state index in [1.807, 2.05) is 22.8 Å². The van der Waals surface area contributed by atoms with Crippen LogP contribution in [0.4, 0.5) is 0 Å². The third-order valence-electron chi connectivity index (χ3n) is 3.43. The van der Waals surface area contributed by atoms with Crippen molar-refractivity contribution in [1.29, 1.82) is 0 Å². The number of hydrogen-bond donors (Lipinski definition) is 1. The fourth-order valence-corrected chi connectivity index (χ4v) is 3.05. The van der Waals surface area contributed by atoms with Crippen LogP contribution < -0.4 is 5.69 Å². The van der Waals surface area contributed by atoms with Crippen molar-refractivity contribution in [3.05, 3.63) is 33.2 Å². The number of benzene rings is 1. The first-order chi connectivity index (χ1) is 8.16. The number of halogens is 1. The standard InChI is InChI=1S/C12H14BrN3O/c1-15-6-5-8(7-15)16-10-4-2-3-9(13)11(10)14-12(16)17/h2-4,8H,5-7H2,1H3,(H,14,17). The molecule has 1 unspecified atom stereocenters. The Kier molecular flexibility index (Phi) is 2.60. The Hall–Kier alpha value is -1.07. The highest BCUT2D eigenvalue weighted by atomic mass is 79.9. The van der Waals surface area contributed by atoms with Gasteiger partial charge < -0.3 is 9.88 Å². The maximum absolute atomic E-state index is 12.1. The number of nitrogens with zero attached hydrogens (tertiary/aromatic N) is 2. The van der Waals surface area contributed by atoms with Gasteiger partial charge in [-0.25, -0.2) is 4.79 Å². The lowest BCUT2D eigenvalue weighted by Gasteiger charge is -2.12. The number of H-pyrrole nitrogens is 1. The van der Waals surface area contributed by atoms with Gasteiger partial charge in [-0.15, -0.1) is 0 Å². The van der Waals surface area contributed by atoms with Gasteiger partial charge in [-0.05, 0) is 48.1 Å². The molecule has 1 saturated heterocycles. The lowest BCUT2D eigenvalue weighted by Crippen LogP contribution is -2.24. The van der Waals surface area contributed by atoms with Crippen molar-refractivity contribution in [3.63, 3.8) is 0 Å². The molecule has 2 aromatic rings. The molecule has 90 valence electrons. The fraction of sp³-hybridized carbons (Fsp3) is 0.417. The van der Waals surface area contributed by atoms with Crippen LogP contribution in [-0.4, -0.2) is 34.6 Å². The van der Waals surface area contributed by atoms with Crippen LogP contribution >= 0.6 is 15.9 Å². The molecule has 2 heterocycles. The van der Waals surface area contributed by atoms with E-state index in [0.29, 0.717) is 0 Å². The molecule has 17 heavy (non-hydrogen) atoms. The van der Waals surface area contributed by atoms with Crippen molar-refractivity contribution >= 4 is 27.0 Å². The topological polar surface area (TPSA) is 41.0 Å². The molecule has 3 rings (SSSR count). The molecule has 1 aliphatic rings. The third kappa shape index (κ3) is 1.73. The molecule has 1 N–H and O–H groups in total. The van der Waals surface area contributed by atoms with Crippen LogP contribution in [0.15, 0.2) is 27.5 Å². The molecule has 0 saturated carbocycles. The van der Waals surface area contributed by atoms with Crippen molar-refractivity contribution in [2.24, 2.45) is 0 Å². The highest BCUT2D eigenvalue weighted by Crippen LogP contribution is 2.26. The smallest absolute Gasteiger partial charge is 0.305 e. The predicted molar refractivity (Wildman–Crippen MR) is 71.4 cm³/mol. The van der Waals surface area contributed by atoms with Gasteiger partial charge in [0.1, 0.15) is 0 Å². The zero-order valence-electron chi connectivity index (χ0n) is 9.61. The molecule has 1 aromatic heterocycles. The van der Waals surface area contributed by atoms with Gasteiger partial charge in [0.05, 0.1) is 17.1 Å². The van der Waals surface area contributed by atoms with Gasteiger partial charge in [0, 0.05) is 11.0 Å². The molecule has 1 atom stereocenters. The predicted octanol–water partition coefficient (Wildman–Crippen LogP) is 1.97. The van der Waals surface area contributed by atoms with Gasteiger partial charge in [0.2, 0.25) is 0 Å². The number of likely N-dealkylation sites (N-methyl/N-ethyl adjacent to an activating group) is 1. The molecule has 0 spiro atoms. The number of rotatable bonds is 1. The number of likely N-dealkylation sites (tertiary alicyclic amines) is 1. The minimum absolute atomic E-state index is 0.00722. The second-order valence-corrected chi connectivity index (χ2v) is 5.49. The first-order valence-corrected chi connectivity index (χ1v) is 6.53. The SMILES string of the molecule is CN1CCC(n2c(=O)[nH]c3c(Br)cccc32)C1. The van der Waals surface area contributed by atoms with Crippen LogP contribution in [0.25, 0.3) is 11.0 Å². The summed E-state index contributed by atoms with van der Waals surface area (Å²) < 4.78 is 2.83. The third-order valence-corrected chi connectivity index (χ3v) is 4.09. The first-order valence-electron chi connectivity index (χ1n) is 5.74. The molecular formula is C12H14BrN3O. The fourth-order valence-electron chi connectivity index (χ4n) is 2.60.